The topological polar surface area (TPSA) is 42.5 Å². The fourth-order valence-corrected chi connectivity index (χ4v) is 5.24. The lowest BCUT2D eigenvalue weighted by atomic mass is 9.79. The van der Waals surface area contributed by atoms with E-state index in [4.69, 9.17) is 9.47 Å². The van der Waals surface area contributed by atoms with Crippen molar-refractivity contribution in [2.75, 3.05) is 26.3 Å². The Balaban J connectivity index is 1.56. The zero-order valence-corrected chi connectivity index (χ0v) is 23.6. The Morgan fingerprint density at radius 1 is 0.684 bits per heavy atom. The molecule has 0 fully saturated rings. The Morgan fingerprint density at radius 3 is 1.92 bits per heavy atom. The molecule has 0 saturated heterocycles. The molecule has 0 saturated carbocycles. The van der Waals surface area contributed by atoms with E-state index in [0.717, 1.165) is 56.9 Å². The number of ether oxygens (including phenoxy) is 2. The SMILES string of the molecule is CCNC(C)CCOc1ccc(C2=C(c3ccccc3)CCc3cc(OCCC(C)NCC)ccc32)cc1. The summed E-state index contributed by atoms with van der Waals surface area (Å²) in [6.07, 6.45) is 4.01. The van der Waals surface area contributed by atoms with Gasteiger partial charge in [0.25, 0.3) is 0 Å². The second kappa shape index (κ2) is 14.2. The van der Waals surface area contributed by atoms with Crippen LogP contribution in [0.2, 0.25) is 0 Å². The van der Waals surface area contributed by atoms with Gasteiger partial charge in [0.15, 0.2) is 0 Å². The number of allylic oxidation sites excluding steroid dienone is 1. The van der Waals surface area contributed by atoms with E-state index in [-0.39, 0.29) is 0 Å². The number of hydrogen-bond acceptors (Lipinski definition) is 4. The molecule has 4 nitrogen and oxygen atoms in total. The summed E-state index contributed by atoms with van der Waals surface area (Å²) in [5.41, 5.74) is 7.90. The molecule has 2 N–H and O–H groups in total. The second-order valence-corrected chi connectivity index (χ2v) is 10.3. The Labute approximate surface area is 229 Å². The molecule has 0 heterocycles. The van der Waals surface area contributed by atoms with Crippen LogP contribution in [0, 0.1) is 0 Å². The quantitative estimate of drug-likeness (QED) is 0.241. The lowest BCUT2D eigenvalue weighted by Crippen LogP contribution is -2.27. The molecule has 0 spiro atoms. The molecule has 1 aliphatic carbocycles. The molecule has 3 aromatic rings. The van der Waals surface area contributed by atoms with Crippen LogP contribution >= 0.6 is 0 Å². The maximum Gasteiger partial charge on any atom is 0.119 e. The maximum absolute atomic E-state index is 6.15. The van der Waals surface area contributed by atoms with Crippen molar-refractivity contribution in [3.63, 3.8) is 0 Å². The molecule has 202 valence electrons. The standard InChI is InChI=1S/C34H44N2O2/c1-5-35-25(3)20-22-37-30-15-12-28(13-16-30)34-32(27-10-8-7-9-11-27)18-14-29-24-31(17-19-33(29)34)38-23-21-26(4)36-6-2/h7-13,15-17,19,24-26,35-36H,5-6,14,18,20-23H2,1-4H3. The van der Waals surface area contributed by atoms with Crippen molar-refractivity contribution in [1.82, 2.24) is 10.6 Å². The van der Waals surface area contributed by atoms with E-state index in [9.17, 15) is 0 Å². The molecular weight excluding hydrogens is 468 g/mol. The summed E-state index contributed by atoms with van der Waals surface area (Å²) < 4.78 is 12.2. The largest absolute Gasteiger partial charge is 0.494 e. The van der Waals surface area contributed by atoms with Crippen molar-refractivity contribution in [2.24, 2.45) is 0 Å². The van der Waals surface area contributed by atoms with E-state index in [1.54, 1.807) is 0 Å². The van der Waals surface area contributed by atoms with Gasteiger partial charge in [0.05, 0.1) is 13.2 Å². The Bertz CT molecular complexity index is 1170. The van der Waals surface area contributed by atoms with Crippen molar-refractivity contribution in [2.45, 2.75) is 65.5 Å². The molecule has 0 radical (unpaired) electrons. The molecule has 1 aliphatic rings. The Hall–Kier alpha value is -3.08. The molecular formula is C34H44N2O2. The Morgan fingerprint density at radius 2 is 1.29 bits per heavy atom. The van der Waals surface area contributed by atoms with Gasteiger partial charge in [0, 0.05) is 12.1 Å². The third-order valence-electron chi connectivity index (χ3n) is 7.30. The molecule has 0 aliphatic heterocycles. The van der Waals surface area contributed by atoms with Gasteiger partial charge in [-0.25, -0.2) is 0 Å². The first-order valence-electron chi connectivity index (χ1n) is 14.3. The van der Waals surface area contributed by atoms with Gasteiger partial charge in [-0.1, -0.05) is 62.4 Å². The van der Waals surface area contributed by atoms with Crippen LogP contribution < -0.4 is 20.1 Å². The van der Waals surface area contributed by atoms with Crippen molar-refractivity contribution < 1.29 is 9.47 Å². The molecule has 0 bridgehead atoms. The molecule has 3 aromatic carbocycles. The fourth-order valence-electron chi connectivity index (χ4n) is 5.24. The summed E-state index contributed by atoms with van der Waals surface area (Å²) in [6, 6.07) is 27.0. The molecule has 0 aromatic heterocycles. The summed E-state index contributed by atoms with van der Waals surface area (Å²) in [7, 11) is 0. The van der Waals surface area contributed by atoms with Gasteiger partial charge < -0.3 is 20.1 Å². The lowest BCUT2D eigenvalue weighted by Gasteiger charge is -2.25. The van der Waals surface area contributed by atoms with Crippen LogP contribution in [0.3, 0.4) is 0 Å². The molecule has 2 atom stereocenters. The van der Waals surface area contributed by atoms with Crippen molar-refractivity contribution in [3.8, 4) is 11.5 Å². The highest BCUT2D eigenvalue weighted by Gasteiger charge is 2.22. The highest BCUT2D eigenvalue weighted by molar-refractivity contribution is 6.00. The number of rotatable bonds is 14. The van der Waals surface area contributed by atoms with Crippen LogP contribution in [0.5, 0.6) is 11.5 Å². The predicted octanol–water partition coefficient (Wildman–Crippen LogP) is 7.13. The van der Waals surface area contributed by atoms with Gasteiger partial charge in [-0.3, -0.25) is 0 Å². The van der Waals surface area contributed by atoms with Crippen LogP contribution in [0.4, 0.5) is 0 Å². The van der Waals surface area contributed by atoms with Crippen molar-refractivity contribution in [1.29, 1.82) is 0 Å². The first-order chi connectivity index (χ1) is 18.6. The number of aryl methyl sites for hydroxylation is 1. The minimum absolute atomic E-state index is 0.460. The summed E-state index contributed by atoms with van der Waals surface area (Å²) in [6.45, 7) is 12.1. The van der Waals surface area contributed by atoms with Crippen LogP contribution in [0.15, 0.2) is 72.8 Å². The third kappa shape index (κ3) is 7.49. The van der Waals surface area contributed by atoms with Crippen LogP contribution in [0.25, 0.3) is 11.1 Å². The van der Waals surface area contributed by atoms with E-state index in [2.05, 4.69) is 111 Å². The van der Waals surface area contributed by atoms with Crippen molar-refractivity contribution >= 4 is 11.1 Å². The highest BCUT2D eigenvalue weighted by atomic mass is 16.5. The predicted molar refractivity (Wildman–Crippen MR) is 160 cm³/mol. The summed E-state index contributed by atoms with van der Waals surface area (Å²) in [5, 5.41) is 6.89. The zero-order chi connectivity index (χ0) is 26.7. The van der Waals surface area contributed by atoms with E-state index >= 15 is 0 Å². The Kier molecular flexibility index (Phi) is 10.4. The summed E-state index contributed by atoms with van der Waals surface area (Å²) in [5.74, 6) is 1.89. The van der Waals surface area contributed by atoms with Crippen LogP contribution in [-0.2, 0) is 6.42 Å². The van der Waals surface area contributed by atoms with E-state index in [1.807, 2.05) is 0 Å². The van der Waals surface area contributed by atoms with E-state index < -0.39 is 0 Å². The average Bonchev–Trinajstić information content (AvgIpc) is 2.93. The normalized spacial score (nSPS) is 14.6. The molecule has 38 heavy (non-hydrogen) atoms. The summed E-state index contributed by atoms with van der Waals surface area (Å²) in [4.78, 5) is 0. The van der Waals surface area contributed by atoms with E-state index in [0.29, 0.717) is 18.7 Å². The van der Waals surface area contributed by atoms with Crippen LogP contribution in [0.1, 0.15) is 69.2 Å². The van der Waals surface area contributed by atoms with Gasteiger partial charge in [0.2, 0.25) is 0 Å². The second-order valence-electron chi connectivity index (χ2n) is 10.3. The molecule has 4 heteroatoms. The van der Waals surface area contributed by atoms with E-state index in [1.165, 1.54) is 33.4 Å². The fraction of sp³-hybridized carbons (Fsp3) is 0.412. The number of hydrogen-bond donors (Lipinski definition) is 2. The van der Waals surface area contributed by atoms with Gasteiger partial charge in [-0.05, 0) is 110 Å². The van der Waals surface area contributed by atoms with Gasteiger partial charge in [-0.15, -0.1) is 0 Å². The third-order valence-corrected chi connectivity index (χ3v) is 7.30. The number of benzene rings is 3. The minimum atomic E-state index is 0.460. The monoisotopic (exact) mass is 512 g/mol. The first-order valence-corrected chi connectivity index (χ1v) is 14.3. The lowest BCUT2D eigenvalue weighted by molar-refractivity contribution is 0.291. The average molecular weight is 513 g/mol. The van der Waals surface area contributed by atoms with Gasteiger partial charge in [-0.2, -0.15) is 0 Å². The van der Waals surface area contributed by atoms with Gasteiger partial charge >= 0.3 is 0 Å². The zero-order valence-electron chi connectivity index (χ0n) is 23.6. The van der Waals surface area contributed by atoms with Crippen LogP contribution in [-0.4, -0.2) is 38.4 Å². The molecule has 0 amide bonds. The highest BCUT2D eigenvalue weighted by Crippen LogP contribution is 2.42. The van der Waals surface area contributed by atoms with Crippen molar-refractivity contribution in [3.05, 3.63) is 95.1 Å². The van der Waals surface area contributed by atoms with Gasteiger partial charge in [0.1, 0.15) is 11.5 Å². The number of nitrogens with one attached hydrogen (secondary N) is 2. The smallest absolute Gasteiger partial charge is 0.119 e. The number of fused-ring (bicyclic) bond motifs is 1. The maximum atomic E-state index is 6.15. The minimum Gasteiger partial charge on any atom is -0.494 e. The first kappa shape index (κ1) is 27.9. The summed E-state index contributed by atoms with van der Waals surface area (Å²) >= 11 is 0. The molecule has 4 rings (SSSR count). The molecule has 2 unspecified atom stereocenters.